The summed E-state index contributed by atoms with van der Waals surface area (Å²) in [5, 5.41) is 2.95. The maximum Gasteiger partial charge on any atom is 0.251 e. The predicted octanol–water partition coefficient (Wildman–Crippen LogP) is 2.69. The van der Waals surface area contributed by atoms with Crippen molar-refractivity contribution in [2.45, 2.75) is 33.1 Å². The van der Waals surface area contributed by atoms with E-state index in [0.717, 1.165) is 11.4 Å². The van der Waals surface area contributed by atoms with E-state index >= 15 is 0 Å². The summed E-state index contributed by atoms with van der Waals surface area (Å²) in [6.45, 7) is 8.95. The van der Waals surface area contributed by atoms with Crippen molar-refractivity contribution >= 4 is 23.5 Å². The fourth-order valence-electron chi connectivity index (χ4n) is 1.78. The molecule has 0 aliphatic rings. The molecule has 3 N–H and O–H groups in total. The molecule has 20 heavy (non-hydrogen) atoms. The lowest BCUT2D eigenvalue weighted by Gasteiger charge is -2.19. The van der Waals surface area contributed by atoms with Crippen molar-refractivity contribution in [3.05, 3.63) is 23.4 Å². The number of carbonyl (C=O) groups excluding carboxylic acids is 1. The molecule has 0 radical (unpaired) electrons. The van der Waals surface area contributed by atoms with Crippen molar-refractivity contribution in [2.24, 2.45) is 5.92 Å². The lowest BCUT2D eigenvalue weighted by Crippen LogP contribution is -2.29. The Bertz CT molecular complexity index is 469. The quantitative estimate of drug-likeness (QED) is 0.876. The van der Waals surface area contributed by atoms with Gasteiger partial charge in [-0.3, -0.25) is 4.79 Å². The van der Waals surface area contributed by atoms with Crippen molar-refractivity contribution in [1.29, 1.82) is 0 Å². The number of anilines is 1. The van der Waals surface area contributed by atoms with Crippen LogP contribution in [0, 0.1) is 5.92 Å². The number of hydrogen-bond donors (Lipinski definition) is 2. The number of hydrogen-bond acceptors (Lipinski definition) is 4. The van der Waals surface area contributed by atoms with E-state index < -0.39 is 0 Å². The van der Waals surface area contributed by atoms with E-state index in [4.69, 9.17) is 5.73 Å². The molecule has 4 nitrogen and oxygen atoms in total. The van der Waals surface area contributed by atoms with Crippen molar-refractivity contribution in [1.82, 2.24) is 10.3 Å². The molecule has 1 aromatic heterocycles. The van der Waals surface area contributed by atoms with Gasteiger partial charge in [-0.05, 0) is 30.1 Å². The van der Waals surface area contributed by atoms with Crippen LogP contribution in [-0.2, 0) is 5.41 Å². The number of carbonyl (C=O) groups is 1. The van der Waals surface area contributed by atoms with E-state index in [9.17, 15) is 4.79 Å². The van der Waals surface area contributed by atoms with E-state index in [2.05, 4.69) is 44.3 Å². The Balaban J connectivity index is 2.81. The number of thioether (sulfide) groups is 1. The van der Waals surface area contributed by atoms with Crippen LogP contribution < -0.4 is 11.1 Å². The van der Waals surface area contributed by atoms with Crippen LogP contribution in [0.2, 0.25) is 0 Å². The molecule has 1 rings (SSSR count). The van der Waals surface area contributed by atoms with Crippen LogP contribution in [0.5, 0.6) is 0 Å². The lowest BCUT2D eigenvalue weighted by atomic mass is 9.90. The minimum atomic E-state index is -0.128. The summed E-state index contributed by atoms with van der Waals surface area (Å²) in [6, 6.07) is 3.45. The first-order valence-electron chi connectivity index (χ1n) is 6.79. The molecule has 0 saturated heterocycles. The number of nitrogen functional groups attached to an aromatic ring is 1. The van der Waals surface area contributed by atoms with Gasteiger partial charge in [0.2, 0.25) is 0 Å². The van der Waals surface area contributed by atoms with Crippen LogP contribution in [-0.4, -0.2) is 29.4 Å². The third-order valence-electron chi connectivity index (χ3n) is 2.94. The minimum Gasteiger partial charge on any atom is -0.384 e. The number of rotatable bonds is 5. The molecule has 1 atom stereocenters. The fraction of sp³-hybridized carbons (Fsp3) is 0.600. The standard InChI is InChI=1S/C15H25N3OS/c1-10(9-20-5)8-17-14(19)11-6-12(15(2,3)4)18-13(16)7-11/h6-7,10H,8-9H2,1-5H3,(H2,16,18)(H,17,19). The van der Waals surface area contributed by atoms with Gasteiger partial charge in [0.05, 0.1) is 0 Å². The van der Waals surface area contributed by atoms with E-state index in [-0.39, 0.29) is 11.3 Å². The molecule has 0 aliphatic carbocycles. The number of aromatic nitrogens is 1. The first kappa shape index (κ1) is 16.8. The molecule has 1 unspecified atom stereocenters. The Morgan fingerprint density at radius 3 is 2.65 bits per heavy atom. The van der Waals surface area contributed by atoms with Crippen LogP contribution in [0.3, 0.4) is 0 Å². The highest BCUT2D eigenvalue weighted by atomic mass is 32.2. The van der Waals surface area contributed by atoms with Gasteiger partial charge >= 0.3 is 0 Å². The van der Waals surface area contributed by atoms with Gasteiger partial charge < -0.3 is 11.1 Å². The highest BCUT2D eigenvalue weighted by Crippen LogP contribution is 2.22. The molecule has 112 valence electrons. The van der Waals surface area contributed by atoms with Crippen LogP contribution >= 0.6 is 11.8 Å². The van der Waals surface area contributed by atoms with Crippen molar-refractivity contribution < 1.29 is 4.79 Å². The molecule has 0 spiro atoms. The van der Waals surface area contributed by atoms with Gasteiger partial charge in [-0.25, -0.2) is 4.98 Å². The molecule has 0 aliphatic heterocycles. The second kappa shape index (κ2) is 6.97. The SMILES string of the molecule is CSCC(C)CNC(=O)c1cc(N)nc(C(C)(C)C)c1. The zero-order chi connectivity index (χ0) is 15.3. The normalized spacial score (nSPS) is 13.1. The van der Waals surface area contributed by atoms with Crippen LogP contribution in [0.4, 0.5) is 5.82 Å². The highest BCUT2D eigenvalue weighted by molar-refractivity contribution is 7.98. The average Bonchev–Trinajstić information content (AvgIpc) is 2.34. The Morgan fingerprint density at radius 1 is 1.45 bits per heavy atom. The van der Waals surface area contributed by atoms with Gasteiger partial charge in [-0.2, -0.15) is 11.8 Å². The van der Waals surface area contributed by atoms with Crippen LogP contribution in [0.15, 0.2) is 12.1 Å². The van der Waals surface area contributed by atoms with Crippen LogP contribution in [0.1, 0.15) is 43.7 Å². The molecule has 1 amide bonds. The first-order valence-corrected chi connectivity index (χ1v) is 8.18. The summed E-state index contributed by atoms with van der Waals surface area (Å²) in [6.07, 6.45) is 2.07. The molecule has 0 aromatic carbocycles. The Labute approximate surface area is 125 Å². The van der Waals surface area contributed by atoms with E-state index in [1.54, 1.807) is 17.8 Å². The van der Waals surface area contributed by atoms with E-state index in [1.807, 2.05) is 6.07 Å². The number of pyridine rings is 1. The fourth-order valence-corrected chi connectivity index (χ4v) is 2.47. The third kappa shape index (κ3) is 5.04. The van der Waals surface area contributed by atoms with Gasteiger partial charge in [0.25, 0.3) is 5.91 Å². The minimum absolute atomic E-state index is 0.0856. The molecular weight excluding hydrogens is 270 g/mol. The smallest absolute Gasteiger partial charge is 0.251 e. The summed E-state index contributed by atoms with van der Waals surface area (Å²) >= 11 is 1.78. The van der Waals surface area contributed by atoms with Gasteiger partial charge in [0.15, 0.2) is 0 Å². The monoisotopic (exact) mass is 295 g/mol. The molecule has 0 bridgehead atoms. The Hall–Kier alpha value is -1.23. The first-order chi connectivity index (χ1) is 9.24. The molecule has 1 heterocycles. The molecule has 0 saturated carbocycles. The topological polar surface area (TPSA) is 68.0 Å². The number of nitrogens with two attached hydrogens (primary N) is 1. The molecule has 5 heteroatoms. The van der Waals surface area contributed by atoms with Crippen LogP contribution in [0.25, 0.3) is 0 Å². The summed E-state index contributed by atoms with van der Waals surface area (Å²) in [7, 11) is 0. The van der Waals surface area contributed by atoms with E-state index in [1.165, 1.54) is 0 Å². The van der Waals surface area contributed by atoms with Gasteiger partial charge in [0, 0.05) is 23.2 Å². The maximum atomic E-state index is 12.2. The zero-order valence-corrected chi connectivity index (χ0v) is 13.8. The highest BCUT2D eigenvalue weighted by Gasteiger charge is 2.18. The number of amides is 1. The largest absolute Gasteiger partial charge is 0.384 e. The van der Waals surface area contributed by atoms with Crippen molar-refractivity contribution in [2.75, 3.05) is 24.3 Å². The lowest BCUT2D eigenvalue weighted by molar-refractivity contribution is 0.0949. The predicted molar refractivity (Wildman–Crippen MR) is 87.2 cm³/mol. The maximum absolute atomic E-state index is 12.2. The van der Waals surface area contributed by atoms with Gasteiger partial charge in [0.1, 0.15) is 5.82 Å². The summed E-state index contributed by atoms with van der Waals surface area (Å²) in [4.78, 5) is 16.5. The van der Waals surface area contributed by atoms with Crippen molar-refractivity contribution in [3.63, 3.8) is 0 Å². The summed E-state index contributed by atoms with van der Waals surface area (Å²) in [5.74, 6) is 1.79. The van der Waals surface area contributed by atoms with Gasteiger partial charge in [-0.15, -0.1) is 0 Å². The second-order valence-electron chi connectivity index (χ2n) is 6.19. The van der Waals surface area contributed by atoms with Gasteiger partial charge in [-0.1, -0.05) is 27.7 Å². The Kier molecular flexibility index (Phi) is 5.87. The second-order valence-corrected chi connectivity index (χ2v) is 7.10. The molecular formula is C15H25N3OS. The zero-order valence-electron chi connectivity index (χ0n) is 13.0. The molecule has 0 fully saturated rings. The third-order valence-corrected chi connectivity index (χ3v) is 3.84. The number of nitrogens with one attached hydrogen (secondary N) is 1. The van der Waals surface area contributed by atoms with Crippen molar-refractivity contribution in [3.8, 4) is 0 Å². The number of nitrogens with zero attached hydrogens (tertiary/aromatic N) is 1. The summed E-state index contributed by atoms with van der Waals surface area (Å²) in [5.41, 5.74) is 7.09. The molecule has 1 aromatic rings. The summed E-state index contributed by atoms with van der Waals surface area (Å²) < 4.78 is 0. The van der Waals surface area contributed by atoms with E-state index in [0.29, 0.717) is 23.8 Å². The Morgan fingerprint density at radius 2 is 2.10 bits per heavy atom. The average molecular weight is 295 g/mol.